The van der Waals surface area contributed by atoms with E-state index in [2.05, 4.69) is 5.92 Å². The Morgan fingerprint density at radius 1 is 0.808 bits per heavy atom. The Hall–Kier alpha value is -2.30. The molecule has 0 saturated carbocycles. The van der Waals surface area contributed by atoms with E-state index in [0.717, 1.165) is 16.7 Å². The zero-order valence-corrected chi connectivity index (χ0v) is 15.7. The van der Waals surface area contributed by atoms with Gasteiger partial charge in [0, 0.05) is 0 Å². The third-order valence-electron chi connectivity index (χ3n) is 4.29. The molecular weight excluding hydrogens is 363 g/mol. The first-order valence-electron chi connectivity index (χ1n) is 8.17. The highest BCUT2D eigenvalue weighted by Gasteiger charge is 2.52. The van der Waals surface area contributed by atoms with Crippen LogP contribution in [0.2, 0.25) is 0 Å². The van der Waals surface area contributed by atoms with Crippen LogP contribution in [-0.4, -0.2) is 6.61 Å². The predicted molar refractivity (Wildman–Crippen MR) is 107 cm³/mol. The average Bonchev–Trinajstić information content (AvgIpc) is 2.69. The number of hydrogen-bond acceptors (Lipinski definition) is 2. The van der Waals surface area contributed by atoms with Gasteiger partial charge < -0.3 is 4.52 Å². The second kappa shape index (κ2) is 7.94. The number of terminal acetylenes is 1. The van der Waals surface area contributed by atoms with E-state index in [1.807, 2.05) is 91.0 Å². The van der Waals surface area contributed by atoms with Gasteiger partial charge in [-0.25, -0.2) is 0 Å². The smallest absolute Gasteiger partial charge is 0.303 e. The van der Waals surface area contributed by atoms with Crippen molar-refractivity contribution in [1.82, 2.24) is 0 Å². The van der Waals surface area contributed by atoms with Crippen LogP contribution in [0.1, 0.15) is 16.7 Å². The van der Waals surface area contributed by atoms with Gasteiger partial charge in [-0.1, -0.05) is 96.9 Å². The normalized spacial score (nSPS) is 13.5. The molecule has 3 aromatic carbocycles. The molecule has 0 bridgehead atoms. The van der Waals surface area contributed by atoms with Crippen molar-refractivity contribution in [2.45, 2.75) is 5.16 Å². The number of halogens is 1. The maximum Gasteiger partial charge on any atom is 0.310 e. The molecule has 26 heavy (non-hydrogen) atoms. The van der Waals surface area contributed by atoms with Crippen molar-refractivity contribution >= 4 is 18.0 Å². The minimum atomic E-state index is -3.79. The molecule has 0 saturated heterocycles. The van der Waals surface area contributed by atoms with Gasteiger partial charge in [0.1, 0.15) is 11.8 Å². The number of benzene rings is 3. The highest BCUT2D eigenvalue weighted by Crippen LogP contribution is 2.73. The first-order chi connectivity index (χ1) is 12.6. The lowest BCUT2D eigenvalue weighted by atomic mass is 9.84. The molecule has 0 aliphatic heterocycles. The van der Waals surface area contributed by atoms with Crippen LogP contribution in [0.4, 0.5) is 0 Å². The third-order valence-corrected chi connectivity index (χ3v) is 7.38. The van der Waals surface area contributed by atoms with Gasteiger partial charge in [0.2, 0.25) is 0 Å². The van der Waals surface area contributed by atoms with Gasteiger partial charge in [-0.2, -0.15) is 0 Å². The summed E-state index contributed by atoms with van der Waals surface area (Å²) in [5, 5.41) is -1.17. The summed E-state index contributed by atoms with van der Waals surface area (Å²) in [6.45, 7) is -3.92. The van der Waals surface area contributed by atoms with Crippen molar-refractivity contribution in [3.63, 3.8) is 0 Å². The van der Waals surface area contributed by atoms with Crippen LogP contribution < -0.4 is 0 Å². The molecule has 0 aliphatic carbocycles. The standard InChI is InChI=1S/C22H18ClO2P/c1-2-18-25-26(23,24)22(19-12-6-3-7-13-19,20-14-8-4-9-15-20)21-16-10-5-11-17-21/h1,3-17H,18H2. The Labute approximate surface area is 159 Å². The quantitative estimate of drug-likeness (QED) is 0.295. The van der Waals surface area contributed by atoms with E-state index in [1.54, 1.807) is 0 Å². The van der Waals surface area contributed by atoms with Crippen molar-refractivity contribution in [3.8, 4) is 12.3 Å². The maximum atomic E-state index is 13.8. The molecule has 2 nitrogen and oxygen atoms in total. The summed E-state index contributed by atoms with van der Waals surface area (Å²) in [5.41, 5.74) is 2.35. The largest absolute Gasteiger partial charge is 0.310 e. The summed E-state index contributed by atoms with van der Waals surface area (Å²) < 4.78 is 19.4. The lowest BCUT2D eigenvalue weighted by Gasteiger charge is -2.38. The third kappa shape index (κ3) is 3.22. The molecule has 0 amide bonds. The Bertz CT molecular complexity index is 837. The Kier molecular flexibility index (Phi) is 5.64. The zero-order valence-electron chi connectivity index (χ0n) is 14.1. The number of rotatable bonds is 6. The van der Waals surface area contributed by atoms with E-state index >= 15 is 0 Å². The molecule has 130 valence electrons. The summed E-state index contributed by atoms with van der Waals surface area (Å²) in [5.74, 6) is 2.37. The molecule has 1 atom stereocenters. The molecule has 0 spiro atoms. The lowest BCUT2D eigenvalue weighted by molar-refractivity contribution is 0.358. The highest BCUT2D eigenvalue weighted by molar-refractivity contribution is 7.86. The summed E-state index contributed by atoms with van der Waals surface area (Å²) in [6.07, 6.45) is 5.34. The van der Waals surface area contributed by atoms with Gasteiger partial charge in [0.25, 0.3) is 0 Å². The molecule has 0 N–H and O–H groups in total. The fourth-order valence-electron chi connectivity index (χ4n) is 3.22. The first-order valence-corrected chi connectivity index (χ1v) is 10.7. The van der Waals surface area contributed by atoms with Crippen LogP contribution in [0.5, 0.6) is 0 Å². The van der Waals surface area contributed by atoms with Crippen LogP contribution in [0.25, 0.3) is 0 Å². The topological polar surface area (TPSA) is 26.3 Å². The van der Waals surface area contributed by atoms with Crippen LogP contribution in [-0.2, 0) is 14.2 Å². The first kappa shape index (κ1) is 18.5. The van der Waals surface area contributed by atoms with Crippen LogP contribution in [0.15, 0.2) is 91.0 Å². The maximum absolute atomic E-state index is 13.8. The monoisotopic (exact) mass is 380 g/mol. The van der Waals surface area contributed by atoms with Gasteiger partial charge in [0.05, 0.1) is 0 Å². The number of hydrogen-bond donors (Lipinski definition) is 0. The average molecular weight is 381 g/mol. The van der Waals surface area contributed by atoms with E-state index in [0.29, 0.717) is 0 Å². The van der Waals surface area contributed by atoms with E-state index in [4.69, 9.17) is 22.2 Å². The molecule has 0 fully saturated rings. The Morgan fingerprint density at radius 3 is 1.46 bits per heavy atom. The van der Waals surface area contributed by atoms with Crippen molar-refractivity contribution < 1.29 is 9.09 Å². The van der Waals surface area contributed by atoms with Crippen molar-refractivity contribution in [1.29, 1.82) is 0 Å². The van der Waals surface area contributed by atoms with Crippen LogP contribution in [0, 0.1) is 12.3 Å². The van der Waals surface area contributed by atoms with Gasteiger partial charge in [-0.05, 0) is 27.9 Å². The second-order valence-electron chi connectivity index (χ2n) is 5.77. The van der Waals surface area contributed by atoms with Gasteiger partial charge >= 0.3 is 6.72 Å². The molecule has 3 rings (SSSR count). The SMILES string of the molecule is C#CCOP(=O)(Cl)C(c1ccccc1)(c1ccccc1)c1ccccc1. The predicted octanol–water partition coefficient (Wildman–Crippen LogP) is 6.06. The second-order valence-corrected chi connectivity index (χ2v) is 8.99. The summed E-state index contributed by atoms with van der Waals surface area (Å²) in [6, 6.07) is 28.6. The van der Waals surface area contributed by atoms with Crippen molar-refractivity contribution in [2.75, 3.05) is 6.61 Å². The Morgan fingerprint density at radius 2 is 1.15 bits per heavy atom. The molecule has 0 heterocycles. The fourth-order valence-corrected chi connectivity index (χ4v) is 6.05. The van der Waals surface area contributed by atoms with Gasteiger partial charge in [0.15, 0.2) is 0 Å². The minimum Gasteiger partial charge on any atom is -0.303 e. The van der Waals surface area contributed by atoms with Gasteiger partial charge in [-0.15, -0.1) is 6.42 Å². The summed E-state index contributed by atoms with van der Waals surface area (Å²) >= 11 is 6.68. The van der Waals surface area contributed by atoms with Crippen LogP contribution >= 0.6 is 18.0 Å². The fraction of sp³-hybridized carbons (Fsp3) is 0.0909. The highest BCUT2D eigenvalue weighted by atomic mass is 35.7. The summed E-state index contributed by atoms with van der Waals surface area (Å²) in [4.78, 5) is 0. The molecule has 0 aromatic heterocycles. The van der Waals surface area contributed by atoms with E-state index in [9.17, 15) is 4.57 Å². The molecule has 3 aromatic rings. The minimum absolute atomic E-state index is 0.130. The van der Waals surface area contributed by atoms with Crippen molar-refractivity contribution in [2.24, 2.45) is 0 Å². The molecule has 0 aliphatic rings. The summed E-state index contributed by atoms with van der Waals surface area (Å²) in [7, 11) is 0. The van der Waals surface area contributed by atoms with Crippen LogP contribution in [0.3, 0.4) is 0 Å². The molecule has 0 radical (unpaired) electrons. The zero-order chi connectivity index (χ0) is 18.5. The van der Waals surface area contributed by atoms with E-state index in [-0.39, 0.29) is 6.61 Å². The molecule has 4 heteroatoms. The van der Waals surface area contributed by atoms with E-state index < -0.39 is 11.9 Å². The molecular formula is C22H18ClO2P. The Balaban J connectivity index is 2.40. The van der Waals surface area contributed by atoms with Crippen molar-refractivity contribution in [3.05, 3.63) is 108 Å². The van der Waals surface area contributed by atoms with Gasteiger partial charge in [-0.3, -0.25) is 4.57 Å². The van der Waals surface area contributed by atoms with E-state index in [1.165, 1.54) is 0 Å². The molecule has 1 unspecified atom stereocenters. The lowest BCUT2D eigenvalue weighted by Crippen LogP contribution is -2.29.